The molecule has 2 aromatic carbocycles. The van der Waals surface area contributed by atoms with E-state index in [0.717, 1.165) is 23.7 Å². The molecule has 1 unspecified atom stereocenters. The average Bonchev–Trinajstić information content (AvgIpc) is 3.12. The van der Waals surface area contributed by atoms with Gasteiger partial charge in [0, 0.05) is 12.1 Å². The second kappa shape index (κ2) is 11.0. The Morgan fingerprint density at radius 1 is 1.31 bits per heavy atom. The number of aliphatic hydroxyl groups is 2. The minimum Gasteiger partial charge on any atom is -0.489 e. The van der Waals surface area contributed by atoms with Crippen LogP contribution in [0, 0.1) is 6.92 Å². The molecular weight excluding hydrogens is 452 g/mol. The molecule has 170 valence electrons. The maximum absolute atomic E-state index is 13.3. The predicted octanol–water partition coefficient (Wildman–Crippen LogP) is 3.48. The molecule has 7 nitrogen and oxygen atoms in total. The number of para-hydroxylation sites is 1. The van der Waals surface area contributed by atoms with Crippen LogP contribution in [0.2, 0.25) is 5.02 Å². The van der Waals surface area contributed by atoms with E-state index in [1.54, 1.807) is 0 Å². The van der Waals surface area contributed by atoms with Gasteiger partial charge in [-0.05, 0) is 43.2 Å². The molecule has 2 aromatic rings. The van der Waals surface area contributed by atoms with Crippen molar-refractivity contribution in [3.8, 4) is 5.75 Å². The number of carbonyl (C=O) groups excluding carboxylic acids is 2. The molecule has 9 heteroatoms. The van der Waals surface area contributed by atoms with E-state index < -0.39 is 18.0 Å². The first-order valence-electron chi connectivity index (χ1n) is 10.2. The zero-order chi connectivity index (χ0) is 23.3. The number of carbonyl (C=O) groups is 2. The number of Topliss-reactive ketones (excluding diaryl/α,β-unsaturated/α-hetero) is 1. The van der Waals surface area contributed by atoms with Gasteiger partial charge in [-0.1, -0.05) is 48.5 Å². The van der Waals surface area contributed by atoms with Crippen molar-refractivity contribution in [2.24, 2.45) is 4.99 Å². The van der Waals surface area contributed by atoms with Gasteiger partial charge in [-0.2, -0.15) is 0 Å². The van der Waals surface area contributed by atoms with E-state index in [1.807, 2.05) is 38.1 Å². The number of rotatable bonds is 9. The largest absolute Gasteiger partial charge is 0.489 e. The highest BCUT2D eigenvalue weighted by molar-refractivity contribution is 8.16. The molecule has 0 saturated carbocycles. The summed E-state index contributed by atoms with van der Waals surface area (Å²) >= 11 is 7.38. The van der Waals surface area contributed by atoms with Crippen LogP contribution in [0.5, 0.6) is 5.75 Å². The lowest BCUT2D eigenvalue weighted by atomic mass is 10.1. The summed E-state index contributed by atoms with van der Waals surface area (Å²) in [5.41, 5.74) is 1.89. The van der Waals surface area contributed by atoms with Crippen LogP contribution < -0.4 is 9.64 Å². The molecule has 1 heterocycles. The summed E-state index contributed by atoms with van der Waals surface area (Å²) in [6, 6.07) is 12.0. The van der Waals surface area contributed by atoms with Crippen LogP contribution in [0.4, 0.5) is 5.69 Å². The van der Waals surface area contributed by atoms with Crippen LogP contribution in [0.3, 0.4) is 0 Å². The summed E-state index contributed by atoms with van der Waals surface area (Å²) in [7, 11) is 0. The third-order valence-corrected chi connectivity index (χ3v) is 6.25. The average molecular weight is 477 g/mol. The number of aliphatic hydroxyl groups excluding tert-OH is 2. The first-order valence-corrected chi connectivity index (χ1v) is 11.5. The highest BCUT2D eigenvalue weighted by Crippen LogP contribution is 2.36. The summed E-state index contributed by atoms with van der Waals surface area (Å²) in [4.78, 5) is 32.6. The lowest BCUT2D eigenvalue weighted by Crippen LogP contribution is -2.35. The van der Waals surface area contributed by atoms with Crippen molar-refractivity contribution in [2.45, 2.75) is 31.6 Å². The summed E-state index contributed by atoms with van der Waals surface area (Å²) in [5.74, 6) is -0.441. The highest BCUT2D eigenvalue weighted by Gasteiger charge is 2.44. The number of hydrogen-bond donors (Lipinski definition) is 2. The normalized spacial score (nSPS) is 18.3. The lowest BCUT2D eigenvalue weighted by molar-refractivity contribution is -0.116. The number of ether oxygens (including phenoxy) is 1. The number of amides is 1. The SMILES string of the molecule is CCC/N=C1\SC(C(=O)c2ccc(OC[C@@H](O)CO)c(Cl)c2)C(=O)N1c1ccccc1C. The summed E-state index contributed by atoms with van der Waals surface area (Å²) < 4.78 is 5.37. The predicted molar refractivity (Wildman–Crippen MR) is 127 cm³/mol. The number of aliphatic imine (C=N–C) groups is 1. The molecule has 2 atom stereocenters. The van der Waals surface area contributed by atoms with Gasteiger partial charge in [0.1, 0.15) is 18.5 Å². The lowest BCUT2D eigenvalue weighted by Gasteiger charge is -2.18. The maximum Gasteiger partial charge on any atom is 0.254 e. The third-order valence-electron chi connectivity index (χ3n) is 4.78. The van der Waals surface area contributed by atoms with Gasteiger partial charge in [0.15, 0.2) is 16.2 Å². The van der Waals surface area contributed by atoms with E-state index in [0.29, 0.717) is 17.4 Å². The number of hydrogen-bond acceptors (Lipinski definition) is 7. The number of anilines is 1. The van der Waals surface area contributed by atoms with Crippen LogP contribution in [0.25, 0.3) is 0 Å². The molecule has 0 bridgehead atoms. The Morgan fingerprint density at radius 2 is 2.06 bits per heavy atom. The van der Waals surface area contributed by atoms with Crippen molar-refractivity contribution in [1.82, 2.24) is 0 Å². The fraction of sp³-hybridized carbons (Fsp3) is 0.348. The van der Waals surface area contributed by atoms with E-state index in [2.05, 4.69) is 4.99 Å². The fourth-order valence-electron chi connectivity index (χ4n) is 3.10. The van der Waals surface area contributed by atoms with Crippen molar-refractivity contribution in [2.75, 3.05) is 24.7 Å². The van der Waals surface area contributed by atoms with E-state index >= 15 is 0 Å². The van der Waals surface area contributed by atoms with Crippen molar-refractivity contribution in [1.29, 1.82) is 0 Å². The Kier molecular flexibility index (Phi) is 8.31. The van der Waals surface area contributed by atoms with Gasteiger partial charge in [-0.3, -0.25) is 19.5 Å². The van der Waals surface area contributed by atoms with Crippen molar-refractivity contribution < 1.29 is 24.5 Å². The summed E-state index contributed by atoms with van der Waals surface area (Å²) in [6.45, 7) is 3.89. The van der Waals surface area contributed by atoms with E-state index in [4.69, 9.17) is 21.4 Å². The fourth-order valence-corrected chi connectivity index (χ4v) is 4.45. The van der Waals surface area contributed by atoms with Gasteiger partial charge in [0.05, 0.1) is 17.3 Å². The number of thioether (sulfide) groups is 1. The first kappa shape index (κ1) is 24.3. The van der Waals surface area contributed by atoms with Crippen molar-refractivity contribution >= 4 is 45.9 Å². The Labute approximate surface area is 196 Å². The summed E-state index contributed by atoms with van der Waals surface area (Å²) in [6.07, 6.45) is -0.214. The molecule has 32 heavy (non-hydrogen) atoms. The topological polar surface area (TPSA) is 99.4 Å². The Hall–Kier alpha value is -2.39. The summed E-state index contributed by atoms with van der Waals surface area (Å²) in [5, 5.41) is 18.0. The van der Waals surface area contributed by atoms with Gasteiger partial charge in [0.25, 0.3) is 5.91 Å². The number of aryl methyl sites for hydroxylation is 1. The molecular formula is C23H25ClN2O5S. The molecule has 0 aromatic heterocycles. The maximum atomic E-state index is 13.3. The highest BCUT2D eigenvalue weighted by atomic mass is 35.5. The minimum absolute atomic E-state index is 0.136. The molecule has 1 amide bonds. The molecule has 1 fully saturated rings. The van der Waals surface area contributed by atoms with Crippen LogP contribution in [-0.4, -0.2) is 58.2 Å². The Bertz CT molecular complexity index is 1030. The third kappa shape index (κ3) is 5.32. The van der Waals surface area contributed by atoms with Crippen LogP contribution >= 0.6 is 23.4 Å². The van der Waals surface area contributed by atoms with Crippen molar-refractivity contribution in [3.63, 3.8) is 0 Å². The zero-order valence-corrected chi connectivity index (χ0v) is 19.4. The van der Waals surface area contributed by atoms with Crippen LogP contribution in [0.15, 0.2) is 47.5 Å². The molecule has 1 saturated heterocycles. The molecule has 3 rings (SSSR count). The second-order valence-electron chi connectivity index (χ2n) is 7.28. The molecule has 2 N–H and O–H groups in total. The quantitative estimate of drug-likeness (QED) is 0.424. The zero-order valence-electron chi connectivity index (χ0n) is 17.8. The van der Waals surface area contributed by atoms with E-state index in [-0.39, 0.29) is 34.6 Å². The number of nitrogens with zero attached hydrogens (tertiary/aromatic N) is 2. The van der Waals surface area contributed by atoms with E-state index in [9.17, 15) is 14.7 Å². The van der Waals surface area contributed by atoms with Crippen LogP contribution in [-0.2, 0) is 4.79 Å². The number of ketones is 1. The first-order chi connectivity index (χ1) is 15.4. The number of halogens is 1. The monoisotopic (exact) mass is 476 g/mol. The number of amidine groups is 1. The Balaban J connectivity index is 1.86. The van der Waals surface area contributed by atoms with Gasteiger partial charge in [0.2, 0.25) is 0 Å². The van der Waals surface area contributed by atoms with Crippen LogP contribution in [0.1, 0.15) is 29.3 Å². The molecule has 1 aliphatic rings. The Morgan fingerprint density at radius 3 is 2.72 bits per heavy atom. The van der Waals surface area contributed by atoms with Gasteiger partial charge >= 0.3 is 0 Å². The standard InChI is InChI=1S/C23H25ClN2O5S/c1-3-10-25-23-26(18-7-5-4-6-14(18)2)22(30)21(32-23)20(29)15-8-9-19(17(24)11-15)31-13-16(28)12-27/h4-9,11,16,21,27-28H,3,10,12-13H2,1-2H3/b25-23-/t16-,21?/m0/s1. The molecule has 0 aliphatic carbocycles. The van der Waals surface area contributed by atoms with Crippen molar-refractivity contribution in [3.05, 3.63) is 58.6 Å². The van der Waals surface area contributed by atoms with Gasteiger partial charge < -0.3 is 14.9 Å². The van der Waals surface area contributed by atoms with Gasteiger partial charge in [-0.15, -0.1) is 0 Å². The molecule has 0 spiro atoms. The molecule has 0 radical (unpaired) electrons. The van der Waals surface area contributed by atoms with E-state index in [1.165, 1.54) is 23.1 Å². The minimum atomic E-state index is -1.03. The second-order valence-corrected chi connectivity index (χ2v) is 8.76. The van der Waals surface area contributed by atoms with Gasteiger partial charge in [-0.25, -0.2) is 0 Å². The molecule has 1 aliphatic heterocycles. The smallest absolute Gasteiger partial charge is 0.254 e. The number of benzene rings is 2.